The van der Waals surface area contributed by atoms with Crippen LogP contribution >= 0.6 is 0 Å². The van der Waals surface area contributed by atoms with Gasteiger partial charge in [-0.05, 0) is 5.92 Å². The Morgan fingerprint density at radius 1 is 1.47 bits per heavy atom. The minimum absolute atomic E-state index is 0.0668. The van der Waals surface area contributed by atoms with Crippen molar-refractivity contribution in [3.63, 3.8) is 0 Å². The molecule has 0 aromatic heterocycles. The molecule has 2 unspecified atom stereocenters. The summed E-state index contributed by atoms with van der Waals surface area (Å²) in [6.07, 6.45) is 0.348. The second kappa shape index (κ2) is 5.11. The predicted octanol–water partition coefficient (Wildman–Crippen LogP) is -0.397. The molecule has 1 saturated heterocycles. The van der Waals surface area contributed by atoms with Crippen molar-refractivity contribution in [2.24, 2.45) is 17.6 Å². The number of nitrogens with two attached hydrogens (primary N) is 1. The minimum Gasteiger partial charge on any atom is -0.469 e. The Kier molecular flexibility index (Phi) is 4.08. The van der Waals surface area contributed by atoms with Crippen LogP contribution in [0.2, 0.25) is 0 Å². The molecule has 5 nitrogen and oxygen atoms in total. The highest BCUT2D eigenvalue weighted by Crippen LogP contribution is 2.23. The highest BCUT2D eigenvalue weighted by molar-refractivity contribution is 5.74. The maximum absolute atomic E-state index is 11.4. The lowest BCUT2D eigenvalue weighted by molar-refractivity contribution is -0.146. The van der Waals surface area contributed by atoms with Crippen LogP contribution in [0.1, 0.15) is 13.3 Å². The third kappa shape index (κ3) is 3.20. The minimum atomic E-state index is -0.302. The van der Waals surface area contributed by atoms with E-state index < -0.39 is 0 Å². The number of hydrogen-bond acceptors (Lipinski definition) is 4. The molecule has 0 spiro atoms. The van der Waals surface area contributed by atoms with E-state index in [-0.39, 0.29) is 23.7 Å². The van der Waals surface area contributed by atoms with Crippen molar-refractivity contribution in [1.29, 1.82) is 0 Å². The average molecular weight is 214 g/mol. The van der Waals surface area contributed by atoms with Crippen molar-refractivity contribution in [3.8, 4) is 0 Å². The van der Waals surface area contributed by atoms with Crippen molar-refractivity contribution in [3.05, 3.63) is 0 Å². The molecular weight excluding hydrogens is 196 g/mol. The number of ether oxygens (including phenoxy) is 1. The SMILES string of the molecule is COC(=O)C1CN(CCC(N)=O)CC1C. The molecule has 2 atom stereocenters. The molecule has 0 saturated carbocycles. The maximum atomic E-state index is 11.4. The topological polar surface area (TPSA) is 72.6 Å². The predicted molar refractivity (Wildman–Crippen MR) is 54.9 cm³/mol. The van der Waals surface area contributed by atoms with Crippen LogP contribution in [-0.4, -0.2) is 43.5 Å². The molecule has 0 radical (unpaired) electrons. The standard InChI is InChI=1S/C10H18N2O3/c1-7-5-12(4-3-9(11)13)6-8(7)10(14)15-2/h7-8H,3-6H2,1-2H3,(H2,11,13). The second-order valence-electron chi connectivity index (χ2n) is 4.08. The van der Waals surface area contributed by atoms with Gasteiger partial charge in [0.25, 0.3) is 0 Å². The van der Waals surface area contributed by atoms with Gasteiger partial charge in [0.2, 0.25) is 5.91 Å². The van der Waals surface area contributed by atoms with Crippen LogP contribution in [0.3, 0.4) is 0 Å². The van der Waals surface area contributed by atoms with Crippen LogP contribution in [0.15, 0.2) is 0 Å². The molecule has 2 N–H and O–H groups in total. The van der Waals surface area contributed by atoms with E-state index in [1.165, 1.54) is 7.11 Å². The lowest BCUT2D eigenvalue weighted by Gasteiger charge is -2.13. The van der Waals surface area contributed by atoms with Crippen molar-refractivity contribution < 1.29 is 14.3 Å². The molecule has 86 valence electrons. The number of carbonyl (C=O) groups is 2. The smallest absolute Gasteiger partial charge is 0.310 e. The Hall–Kier alpha value is -1.10. The number of rotatable bonds is 4. The zero-order chi connectivity index (χ0) is 11.4. The summed E-state index contributed by atoms with van der Waals surface area (Å²) in [6, 6.07) is 0. The number of amides is 1. The van der Waals surface area contributed by atoms with Crippen molar-refractivity contribution in [1.82, 2.24) is 4.90 Å². The Morgan fingerprint density at radius 2 is 2.13 bits per heavy atom. The Morgan fingerprint density at radius 3 is 2.67 bits per heavy atom. The lowest BCUT2D eigenvalue weighted by atomic mass is 9.99. The molecule has 0 aromatic rings. The first-order valence-corrected chi connectivity index (χ1v) is 5.13. The number of primary amides is 1. The fraction of sp³-hybridized carbons (Fsp3) is 0.800. The first-order valence-electron chi connectivity index (χ1n) is 5.13. The molecule has 0 aliphatic carbocycles. The summed E-state index contributed by atoms with van der Waals surface area (Å²) in [5, 5.41) is 0. The molecule has 15 heavy (non-hydrogen) atoms. The van der Waals surface area contributed by atoms with E-state index in [0.717, 1.165) is 6.54 Å². The number of hydrogen-bond donors (Lipinski definition) is 1. The molecular formula is C10H18N2O3. The Bertz CT molecular complexity index is 255. The van der Waals surface area contributed by atoms with Gasteiger partial charge in [0.15, 0.2) is 0 Å². The summed E-state index contributed by atoms with van der Waals surface area (Å²) in [5.74, 6) is -0.249. The molecule has 1 aliphatic rings. The van der Waals surface area contributed by atoms with Gasteiger partial charge in [0, 0.05) is 26.1 Å². The monoisotopic (exact) mass is 214 g/mol. The first-order chi connectivity index (χ1) is 7.04. The van der Waals surface area contributed by atoms with E-state index in [0.29, 0.717) is 19.5 Å². The van der Waals surface area contributed by atoms with E-state index >= 15 is 0 Å². The van der Waals surface area contributed by atoms with Gasteiger partial charge in [-0.3, -0.25) is 9.59 Å². The van der Waals surface area contributed by atoms with Crippen LogP contribution < -0.4 is 5.73 Å². The van der Waals surface area contributed by atoms with E-state index in [1.54, 1.807) is 0 Å². The van der Waals surface area contributed by atoms with Crippen LogP contribution in [0.5, 0.6) is 0 Å². The van der Waals surface area contributed by atoms with Crippen LogP contribution in [-0.2, 0) is 14.3 Å². The van der Waals surface area contributed by atoms with Gasteiger partial charge < -0.3 is 15.4 Å². The quantitative estimate of drug-likeness (QED) is 0.646. The summed E-state index contributed by atoms with van der Waals surface area (Å²) in [5.41, 5.74) is 5.07. The molecule has 1 amide bonds. The Balaban J connectivity index is 2.41. The zero-order valence-corrected chi connectivity index (χ0v) is 9.23. The van der Waals surface area contributed by atoms with Gasteiger partial charge in [-0.1, -0.05) is 6.92 Å². The van der Waals surface area contributed by atoms with Crippen molar-refractivity contribution >= 4 is 11.9 Å². The number of carbonyl (C=O) groups excluding carboxylic acids is 2. The highest BCUT2D eigenvalue weighted by atomic mass is 16.5. The zero-order valence-electron chi connectivity index (χ0n) is 9.23. The number of likely N-dealkylation sites (tertiary alicyclic amines) is 1. The van der Waals surface area contributed by atoms with Crippen molar-refractivity contribution in [2.75, 3.05) is 26.7 Å². The molecule has 1 fully saturated rings. The van der Waals surface area contributed by atoms with E-state index in [2.05, 4.69) is 4.90 Å². The van der Waals surface area contributed by atoms with E-state index in [1.807, 2.05) is 6.92 Å². The molecule has 0 bridgehead atoms. The third-order valence-corrected chi connectivity index (χ3v) is 2.87. The largest absolute Gasteiger partial charge is 0.469 e. The lowest BCUT2D eigenvalue weighted by Crippen LogP contribution is -2.27. The van der Waals surface area contributed by atoms with E-state index in [9.17, 15) is 9.59 Å². The summed E-state index contributed by atoms with van der Waals surface area (Å²) in [4.78, 5) is 24.1. The summed E-state index contributed by atoms with van der Waals surface area (Å²) < 4.78 is 4.72. The van der Waals surface area contributed by atoms with Crippen LogP contribution in [0.4, 0.5) is 0 Å². The van der Waals surface area contributed by atoms with Gasteiger partial charge >= 0.3 is 5.97 Å². The normalized spacial score (nSPS) is 26.5. The van der Waals surface area contributed by atoms with Crippen LogP contribution in [0.25, 0.3) is 0 Å². The maximum Gasteiger partial charge on any atom is 0.310 e. The van der Waals surface area contributed by atoms with E-state index in [4.69, 9.17) is 10.5 Å². The molecule has 1 aliphatic heterocycles. The molecule has 1 heterocycles. The van der Waals surface area contributed by atoms with Crippen LogP contribution in [0, 0.1) is 11.8 Å². The van der Waals surface area contributed by atoms with Gasteiger partial charge in [-0.15, -0.1) is 0 Å². The molecule has 0 aromatic carbocycles. The summed E-state index contributed by atoms with van der Waals surface area (Å²) >= 11 is 0. The third-order valence-electron chi connectivity index (χ3n) is 2.87. The fourth-order valence-electron chi connectivity index (χ4n) is 1.98. The summed E-state index contributed by atoms with van der Waals surface area (Å²) in [7, 11) is 1.40. The van der Waals surface area contributed by atoms with Gasteiger partial charge in [0.1, 0.15) is 0 Å². The number of esters is 1. The fourth-order valence-corrected chi connectivity index (χ4v) is 1.98. The van der Waals surface area contributed by atoms with Crippen molar-refractivity contribution in [2.45, 2.75) is 13.3 Å². The average Bonchev–Trinajstić information content (AvgIpc) is 2.55. The second-order valence-corrected chi connectivity index (χ2v) is 4.08. The summed E-state index contributed by atoms with van der Waals surface area (Å²) in [6.45, 7) is 4.15. The number of methoxy groups -OCH3 is 1. The molecule has 5 heteroatoms. The number of nitrogens with zero attached hydrogens (tertiary/aromatic N) is 1. The molecule has 1 rings (SSSR count). The highest BCUT2D eigenvalue weighted by Gasteiger charge is 2.35. The Labute approximate surface area is 89.6 Å². The first kappa shape index (κ1) is 12.0. The van der Waals surface area contributed by atoms with Gasteiger partial charge in [-0.2, -0.15) is 0 Å². The van der Waals surface area contributed by atoms with Gasteiger partial charge in [-0.25, -0.2) is 0 Å². The van der Waals surface area contributed by atoms with Gasteiger partial charge in [0.05, 0.1) is 13.0 Å².